The molecule has 0 unspecified atom stereocenters. The Bertz CT molecular complexity index is 1010. The van der Waals surface area contributed by atoms with Gasteiger partial charge in [0, 0.05) is 43.0 Å². The van der Waals surface area contributed by atoms with Crippen molar-refractivity contribution in [3.63, 3.8) is 0 Å². The molecule has 3 aliphatic rings. The summed E-state index contributed by atoms with van der Waals surface area (Å²) in [6.07, 6.45) is 10.1. The smallest absolute Gasteiger partial charge is 0.317 e. The predicted octanol–water partition coefficient (Wildman–Crippen LogP) is 5.18. The molecule has 1 aromatic carbocycles. The first-order valence-corrected chi connectivity index (χ1v) is 13.9. The van der Waals surface area contributed by atoms with Crippen LogP contribution in [0.4, 0.5) is 4.79 Å². The van der Waals surface area contributed by atoms with Crippen LogP contribution in [0.15, 0.2) is 29.6 Å². The Morgan fingerprint density at radius 2 is 1.71 bits per heavy atom. The fraction of sp³-hybridized carbons (Fsp3) is 0.593. The van der Waals surface area contributed by atoms with Gasteiger partial charge in [-0.1, -0.05) is 31.4 Å². The van der Waals surface area contributed by atoms with Crippen LogP contribution >= 0.6 is 11.3 Å². The van der Waals surface area contributed by atoms with Crippen LogP contribution < -0.4 is 10.1 Å². The first-order chi connectivity index (χ1) is 17.1. The number of likely N-dealkylation sites (tertiary alicyclic amines) is 1. The Hall–Kier alpha value is -2.61. The number of urea groups is 1. The molecule has 1 N–H and O–H groups in total. The molecule has 0 atom stereocenters. The maximum Gasteiger partial charge on any atom is 0.317 e. The number of amides is 3. The second-order valence-electron chi connectivity index (χ2n) is 10.1. The summed E-state index contributed by atoms with van der Waals surface area (Å²) < 4.78 is 5.18. The highest BCUT2D eigenvalue weighted by atomic mass is 32.1. The van der Waals surface area contributed by atoms with Crippen molar-refractivity contribution in [1.29, 1.82) is 0 Å². The predicted molar refractivity (Wildman–Crippen MR) is 137 cm³/mol. The first kappa shape index (κ1) is 24.1. The minimum Gasteiger partial charge on any atom is -0.497 e. The zero-order chi connectivity index (χ0) is 24.2. The third-order valence-electron chi connectivity index (χ3n) is 7.62. The fourth-order valence-electron chi connectivity index (χ4n) is 5.41. The monoisotopic (exact) mass is 496 g/mol. The maximum absolute atomic E-state index is 13.4. The molecule has 0 radical (unpaired) electrons. The van der Waals surface area contributed by atoms with Gasteiger partial charge >= 0.3 is 6.03 Å². The molecule has 1 aliphatic heterocycles. The van der Waals surface area contributed by atoms with Gasteiger partial charge in [0.1, 0.15) is 11.4 Å². The van der Waals surface area contributed by atoms with Crippen molar-refractivity contribution in [3.05, 3.63) is 45.9 Å². The molecule has 3 amide bonds. The summed E-state index contributed by atoms with van der Waals surface area (Å²) in [6, 6.07) is 8.53. The van der Waals surface area contributed by atoms with Gasteiger partial charge in [0.05, 0.1) is 12.1 Å². The lowest BCUT2D eigenvalue weighted by atomic mass is 9.94. The van der Waals surface area contributed by atoms with Crippen molar-refractivity contribution >= 4 is 23.3 Å². The van der Waals surface area contributed by atoms with Crippen molar-refractivity contribution in [2.75, 3.05) is 20.2 Å². The van der Waals surface area contributed by atoms with Gasteiger partial charge in [0.2, 0.25) is 0 Å². The molecule has 7 nitrogen and oxygen atoms in total. The minimum atomic E-state index is -0.0261. The number of carbonyl (C=O) groups is 2. The average molecular weight is 497 g/mol. The van der Waals surface area contributed by atoms with Crippen molar-refractivity contribution < 1.29 is 14.3 Å². The highest BCUT2D eigenvalue weighted by Crippen LogP contribution is 2.36. The summed E-state index contributed by atoms with van der Waals surface area (Å²) in [4.78, 5) is 34.9. The Morgan fingerprint density at radius 1 is 1.03 bits per heavy atom. The van der Waals surface area contributed by atoms with Gasteiger partial charge in [-0.25, -0.2) is 9.78 Å². The van der Waals surface area contributed by atoms with Crippen molar-refractivity contribution in [1.82, 2.24) is 20.1 Å². The largest absolute Gasteiger partial charge is 0.497 e. The van der Waals surface area contributed by atoms with E-state index in [-0.39, 0.29) is 11.9 Å². The van der Waals surface area contributed by atoms with E-state index in [1.807, 2.05) is 34.5 Å². The summed E-state index contributed by atoms with van der Waals surface area (Å²) in [6.45, 7) is 1.91. The summed E-state index contributed by atoms with van der Waals surface area (Å²) in [5.41, 5.74) is 1.67. The number of hydrogen-bond donors (Lipinski definition) is 1. The molecule has 188 valence electrons. The lowest BCUT2D eigenvalue weighted by molar-refractivity contribution is 0.0608. The average Bonchev–Trinajstić information content (AvgIpc) is 3.62. The van der Waals surface area contributed by atoms with E-state index in [9.17, 15) is 9.59 Å². The molecule has 0 bridgehead atoms. The topological polar surface area (TPSA) is 74.8 Å². The van der Waals surface area contributed by atoms with E-state index in [1.165, 1.54) is 19.3 Å². The summed E-state index contributed by atoms with van der Waals surface area (Å²) in [5, 5.41) is 6.03. The number of carbonyl (C=O) groups excluding carboxylic acids is 2. The van der Waals surface area contributed by atoms with Gasteiger partial charge in [0.25, 0.3) is 5.91 Å². The quantitative estimate of drug-likeness (QED) is 0.573. The summed E-state index contributed by atoms with van der Waals surface area (Å²) in [5.74, 6) is 1.26. The summed E-state index contributed by atoms with van der Waals surface area (Å²) in [7, 11) is 1.64. The molecule has 2 aromatic rings. The van der Waals surface area contributed by atoms with E-state index in [1.54, 1.807) is 18.4 Å². The van der Waals surface area contributed by atoms with Crippen molar-refractivity contribution in [2.45, 2.75) is 82.3 Å². The third kappa shape index (κ3) is 5.80. The standard InChI is InChI=1S/C27H36N4O3S/c1-34-23-11-7-19(8-12-23)17-28-27(33)30-15-13-20(14-16-30)25-29-24(18-35-25)26(32)31(22-9-10-22)21-5-3-2-4-6-21/h7-8,11-12,18,20-22H,2-6,9-10,13-17H2,1H3,(H,28,33). The molecule has 1 aromatic heterocycles. The SMILES string of the molecule is COc1ccc(CNC(=O)N2CCC(c3nc(C(=O)N(C4CCCCC4)C4CC4)cs3)CC2)cc1. The molecular formula is C27H36N4O3S. The molecule has 2 aliphatic carbocycles. The van der Waals surface area contributed by atoms with Crippen LogP contribution in [0.5, 0.6) is 5.75 Å². The van der Waals surface area contributed by atoms with Crippen LogP contribution in [-0.2, 0) is 6.54 Å². The number of methoxy groups -OCH3 is 1. The lowest BCUT2D eigenvalue weighted by Crippen LogP contribution is -2.44. The van der Waals surface area contributed by atoms with E-state index < -0.39 is 0 Å². The van der Waals surface area contributed by atoms with Gasteiger partial charge in [-0.3, -0.25) is 4.79 Å². The highest BCUT2D eigenvalue weighted by molar-refractivity contribution is 7.09. The van der Waals surface area contributed by atoms with Crippen LogP contribution in [0.2, 0.25) is 0 Å². The van der Waals surface area contributed by atoms with E-state index in [2.05, 4.69) is 10.2 Å². The number of piperidine rings is 1. The number of nitrogens with one attached hydrogen (secondary N) is 1. The number of aromatic nitrogens is 1. The molecule has 8 heteroatoms. The van der Waals surface area contributed by atoms with Gasteiger partial charge < -0.3 is 19.9 Å². The van der Waals surface area contributed by atoms with Crippen LogP contribution in [0.3, 0.4) is 0 Å². The normalized spacial score (nSPS) is 19.4. The van der Waals surface area contributed by atoms with Gasteiger partial charge in [-0.05, 0) is 56.2 Å². The fourth-order valence-corrected chi connectivity index (χ4v) is 6.37. The number of benzene rings is 1. The molecule has 2 saturated carbocycles. The Morgan fingerprint density at radius 3 is 2.37 bits per heavy atom. The lowest BCUT2D eigenvalue weighted by Gasteiger charge is -2.34. The molecule has 2 heterocycles. The van der Waals surface area contributed by atoms with Crippen molar-refractivity contribution in [2.24, 2.45) is 0 Å². The summed E-state index contributed by atoms with van der Waals surface area (Å²) >= 11 is 1.61. The van der Waals surface area contributed by atoms with Crippen LogP contribution in [0.25, 0.3) is 0 Å². The second kappa shape index (κ2) is 11.0. The Balaban J connectivity index is 1.12. The van der Waals surface area contributed by atoms with Crippen LogP contribution in [0.1, 0.15) is 84.8 Å². The Labute approximate surface area is 211 Å². The zero-order valence-corrected chi connectivity index (χ0v) is 21.4. The first-order valence-electron chi connectivity index (χ1n) is 13.1. The van der Waals surface area contributed by atoms with E-state index >= 15 is 0 Å². The van der Waals surface area contributed by atoms with Crippen LogP contribution in [0, 0.1) is 0 Å². The van der Waals surface area contributed by atoms with Gasteiger partial charge in [-0.2, -0.15) is 0 Å². The highest BCUT2D eigenvalue weighted by Gasteiger charge is 2.39. The molecular weight excluding hydrogens is 460 g/mol. The second-order valence-corrected chi connectivity index (χ2v) is 11.0. The number of rotatable bonds is 7. The van der Waals surface area contributed by atoms with Crippen LogP contribution in [-0.4, -0.2) is 59.0 Å². The number of nitrogens with zero attached hydrogens (tertiary/aromatic N) is 3. The zero-order valence-electron chi connectivity index (χ0n) is 20.6. The Kier molecular flexibility index (Phi) is 7.56. The maximum atomic E-state index is 13.4. The number of hydrogen-bond acceptors (Lipinski definition) is 5. The number of thiazole rings is 1. The molecule has 5 rings (SSSR count). The van der Waals surface area contributed by atoms with E-state index in [4.69, 9.17) is 9.72 Å². The molecule has 1 saturated heterocycles. The molecule has 3 fully saturated rings. The number of ether oxygens (including phenoxy) is 1. The van der Waals surface area contributed by atoms with Crippen molar-refractivity contribution in [3.8, 4) is 5.75 Å². The third-order valence-corrected chi connectivity index (χ3v) is 8.63. The van der Waals surface area contributed by atoms with Gasteiger partial charge in [-0.15, -0.1) is 11.3 Å². The minimum absolute atomic E-state index is 0.0261. The molecule has 0 spiro atoms. The van der Waals surface area contributed by atoms with E-state index in [0.29, 0.717) is 43.3 Å². The molecule has 35 heavy (non-hydrogen) atoms. The van der Waals surface area contributed by atoms with Gasteiger partial charge in [0.15, 0.2) is 0 Å². The van der Waals surface area contributed by atoms with E-state index in [0.717, 1.165) is 54.8 Å².